The maximum atomic E-state index is 5.41. The number of benzene rings is 1. The Morgan fingerprint density at radius 1 is 1.20 bits per heavy atom. The topological polar surface area (TPSA) is 30.5 Å². The minimum atomic E-state index is 0.345. The highest BCUT2D eigenvalue weighted by Gasteiger charge is 2.13. The zero-order valence-electron chi connectivity index (χ0n) is 11.6. The lowest BCUT2D eigenvalue weighted by atomic mass is 10.1. The molecule has 3 rings (SSSR count). The van der Waals surface area contributed by atoms with Gasteiger partial charge in [-0.25, -0.2) is 0 Å². The summed E-state index contributed by atoms with van der Waals surface area (Å²) in [5.74, 6) is 1.73. The standard InChI is InChI=1S/C16H19NO2S/c1-12(17-9-14-6-7-20-10-14)2-3-13-4-5-15-16(8-13)19-11-18-15/h4-8,10,12,17H,2-3,9,11H2,1H3. The minimum Gasteiger partial charge on any atom is -0.454 e. The molecule has 1 N–H and O–H groups in total. The summed E-state index contributed by atoms with van der Waals surface area (Å²) in [6.07, 6.45) is 2.16. The predicted molar refractivity (Wildman–Crippen MR) is 81.5 cm³/mol. The lowest BCUT2D eigenvalue weighted by Crippen LogP contribution is -2.25. The second-order valence-electron chi connectivity index (χ2n) is 5.14. The molecule has 4 heteroatoms. The summed E-state index contributed by atoms with van der Waals surface area (Å²) in [4.78, 5) is 0. The molecule has 2 heterocycles. The van der Waals surface area contributed by atoms with E-state index in [4.69, 9.17) is 9.47 Å². The van der Waals surface area contributed by atoms with Gasteiger partial charge in [-0.05, 0) is 59.9 Å². The first kappa shape index (κ1) is 13.5. The van der Waals surface area contributed by atoms with Crippen molar-refractivity contribution >= 4 is 11.3 Å². The summed E-state index contributed by atoms with van der Waals surface area (Å²) < 4.78 is 10.7. The van der Waals surface area contributed by atoms with E-state index in [-0.39, 0.29) is 0 Å². The van der Waals surface area contributed by atoms with Crippen LogP contribution in [0.4, 0.5) is 0 Å². The average molecular weight is 289 g/mol. The van der Waals surface area contributed by atoms with Gasteiger partial charge in [0.15, 0.2) is 11.5 Å². The average Bonchev–Trinajstić information content (AvgIpc) is 3.13. The highest BCUT2D eigenvalue weighted by Crippen LogP contribution is 2.32. The van der Waals surface area contributed by atoms with Crippen molar-refractivity contribution in [1.82, 2.24) is 5.32 Å². The zero-order chi connectivity index (χ0) is 13.8. The first-order valence-corrected chi connectivity index (χ1v) is 7.88. The van der Waals surface area contributed by atoms with Gasteiger partial charge < -0.3 is 14.8 Å². The highest BCUT2D eigenvalue weighted by atomic mass is 32.1. The molecule has 20 heavy (non-hydrogen) atoms. The minimum absolute atomic E-state index is 0.345. The third kappa shape index (κ3) is 3.32. The van der Waals surface area contributed by atoms with Gasteiger partial charge >= 0.3 is 0 Å². The van der Waals surface area contributed by atoms with Crippen molar-refractivity contribution in [3.8, 4) is 11.5 Å². The highest BCUT2D eigenvalue weighted by molar-refractivity contribution is 7.07. The Morgan fingerprint density at radius 2 is 2.10 bits per heavy atom. The second kappa shape index (κ2) is 6.29. The van der Waals surface area contributed by atoms with Crippen molar-refractivity contribution < 1.29 is 9.47 Å². The second-order valence-corrected chi connectivity index (χ2v) is 5.92. The molecular weight excluding hydrogens is 270 g/mol. The Balaban J connectivity index is 1.46. The van der Waals surface area contributed by atoms with E-state index in [0.717, 1.165) is 30.9 Å². The van der Waals surface area contributed by atoms with Crippen molar-refractivity contribution in [2.24, 2.45) is 0 Å². The zero-order valence-corrected chi connectivity index (χ0v) is 12.4. The fourth-order valence-electron chi connectivity index (χ4n) is 2.27. The first-order valence-electron chi connectivity index (χ1n) is 6.94. The fourth-order valence-corrected chi connectivity index (χ4v) is 2.94. The van der Waals surface area contributed by atoms with E-state index in [1.54, 1.807) is 11.3 Å². The van der Waals surface area contributed by atoms with Gasteiger partial charge in [0.1, 0.15) is 0 Å². The number of hydrogen-bond donors (Lipinski definition) is 1. The van der Waals surface area contributed by atoms with Crippen LogP contribution in [0.15, 0.2) is 35.0 Å². The van der Waals surface area contributed by atoms with Gasteiger partial charge in [0.2, 0.25) is 6.79 Å². The van der Waals surface area contributed by atoms with Crippen LogP contribution in [0.5, 0.6) is 11.5 Å². The van der Waals surface area contributed by atoms with E-state index in [1.165, 1.54) is 11.1 Å². The molecule has 2 aromatic rings. The molecule has 0 bridgehead atoms. The molecule has 106 valence electrons. The monoisotopic (exact) mass is 289 g/mol. The molecule has 3 nitrogen and oxygen atoms in total. The Kier molecular flexibility index (Phi) is 4.23. The van der Waals surface area contributed by atoms with E-state index in [9.17, 15) is 0 Å². The number of ether oxygens (including phenoxy) is 2. The van der Waals surface area contributed by atoms with Crippen molar-refractivity contribution in [2.45, 2.75) is 32.4 Å². The summed E-state index contributed by atoms with van der Waals surface area (Å²) in [7, 11) is 0. The normalized spacial score (nSPS) is 14.4. The van der Waals surface area contributed by atoms with Crippen LogP contribution in [0.1, 0.15) is 24.5 Å². The van der Waals surface area contributed by atoms with Crippen molar-refractivity contribution in [3.05, 3.63) is 46.2 Å². The quantitative estimate of drug-likeness (QED) is 0.881. The van der Waals surface area contributed by atoms with E-state index < -0.39 is 0 Å². The molecule has 1 atom stereocenters. The van der Waals surface area contributed by atoms with Crippen LogP contribution in [0.3, 0.4) is 0 Å². The van der Waals surface area contributed by atoms with E-state index in [0.29, 0.717) is 12.8 Å². The molecule has 1 aliphatic rings. The van der Waals surface area contributed by atoms with Crippen molar-refractivity contribution in [3.63, 3.8) is 0 Å². The van der Waals surface area contributed by atoms with Crippen LogP contribution in [0, 0.1) is 0 Å². The summed E-state index contributed by atoms with van der Waals surface area (Å²) in [6.45, 7) is 3.53. The maximum absolute atomic E-state index is 5.41. The Bertz CT molecular complexity index is 554. The predicted octanol–water partition coefficient (Wildman–Crippen LogP) is 3.59. The Hall–Kier alpha value is -1.52. The van der Waals surface area contributed by atoms with Crippen molar-refractivity contribution in [1.29, 1.82) is 0 Å². The number of rotatable bonds is 6. The molecule has 0 saturated heterocycles. The molecule has 0 aliphatic carbocycles. The molecule has 1 aromatic heterocycles. The Labute approximate surface area is 123 Å². The third-order valence-corrected chi connectivity index (χ3v) is 4.27. The maximum Gasteiger partial charge on any atom is 0.231 e. The lowest BCUT2D eigenvalue weighted by molar-refractivity contribution is 0.174. The van der Waals surface area contributed by atoms with Gasteiger partial charge in [-0.15, -0.1) is 0 Å². The molecule has 1 unspecified atom stereocenters. The first-order chi connectivity index (χ1) is 9.81. The summed E-state index contributed by atoms with van der Waals surface area (Å²) in [5, 5.41) is 7.87. The molecule has 1 aromatic carbocycles. The van der Waals surface area contributed by atoms with Crippen LogP contribution in [-0.4, -0.2) is 12.8 Å². The van der Waals surface area contributed by atoms with Gasteiger partial charge in [-0.3, -0.25) is 0 Å². The summed E-state index contributed by atoms with van der Waals surface area (Å²) in [6, 6.07) is 8.89. The molecule has 0 fully saturated rings. The fraction of sp³-hybridized carbons (Fsp3) is 0.375. The van der Waals surface area contributed by atoms with Crippen LogP contribution < -0.4 is 14.8 Å². The van der Waals surface area contributed by atoms with Gasteiger partial charge in [0.05, 0.1) is 0 Å². The molecular formula is C16H19NO2S. The lowest BCUT2D eigenvalue weighted by Gasteiger charge is -2.13. The number of thiophene rings is 1. The van der Waals surface area contributed by atoms with Gasteiger partial charge in [0.25, 0.3) is 0 Å². The van der Waals surface area contributed by atoms with Gasteiger partial charge in [-0.2, -0.15) is 11.3 Å². The van der Waals surface area contributed by atoms with Crippen LogP contribution in [0.25, 0.3) is 0 Å². The number of fused-ring (bicyclic) bond motifs is 1. The Morgan fingerprint density at radius 3 is 2.95 bits per heavy atom. The van der Waals surface area contributed by atoms with E-state index in [2.05, 4.69) is 41.2 Å². The van der Waals surface area contributed by atoms with Crippen LogP contribution in [-0.2, 0) is 13.0 Å². The van der Waals surface area contributed by atoms with E-state index in [1.807, 2.05) is 6.07 Å². The van der Waals surface area contributed by atoms with Gasteiger partial charge in [0, 0.05) is 12.6 Å². The van der Waals surface area contributed by atoms with E-state index >= 15 is 0 Å². The number of aryl methyl sites for hydroxylation is 1. The summed E-state index contributed by atoms with van der Waals surface area (Å²) in [5.41, 5.74) is 2.67. The SMILES string of the molecule is CC(CCc1ccc2c(c1)OCO2)NCc1ccsc1. The number of nitrogens with one attached hydrogen (secondary N) is 1. The molecule has 0 spiro atoms. The molecule has 0 amide bonds. The van der Waals surface area contributed by atoms with Crippen molar-refractivity contribution in [2.75, 3.05) is 6.79 Å². The molecule has 0 saturated carbocycles. The number of hydrogen-bond acceptors (Lipinski definition) is 4. The third-order valence-electron chi connectivity index (χ3n) is 3.54. The molecule has 0 radical (unpaired) electrons. The molecule has 1 aliphatic heterocycles. The van der Waals surface area contributed by atoms with Crippen LogP contribution >= 0.6 is 11.3 Å². The van der Waals surface area contributed by atoms with Crippen LogP contribution in [0.2, 0.25) is 0 Å². The smallest absolute Gasteiger partial charge is 0.231 e. The van der Waals surface area contributed by atoms with Gasteiger partial charge in [-0.1, -0.05) is 6.07 Å². The largest absolute Gasteiger partial charge is 0.454 e. The summed E-state index contributed by atoms with van der Waals surface area (Å²) >= 11 is 1.75.